The highest BCUT2D eigenvalue weighted by Crippen LogP contribution is 2.53. The number of para-hydroxylation sites is 1. The summed E-state index contributed by atoms with van der Waals surface area (Å²) in [6, 6.07) is 13.0. The number of ether oxygens (including phenoxy) is 1. The fourth-order valence-electron chi connectivity index (χ4n) is 4.11. The Morgan fingerprint density at radius 1 is 1.26 bits per heavy atom. The molecule has 1 fully saturated rings. The zero-order chi connectivity index (χ0) is 16.2. The number of nitrogens with zero attached hydrogens (tertiary/aromatic N) is 2. The minimum Gasteiger partial charge on any atom is -0.457 e. The molecule has 2 heterocycles. The molecule has 0 unspecified atom stereocenters. The minimum absolute atomic E-state index is 0.118. The molecule has 2 aliphatic rings. The summed E-state index contributed by atoms with van der Waals surface area (Å²) in [6.45, 7) is 3.96. The molecule has 0 amide bonds. The predicted octanol–water partition coefficient (Wildman–Crippen LogP) is 3.69. The fourth-order valence-corrected chi connectivity index (χ4v) is 4.11. The van der Waals surface area contributed by atoms with Gasteiger partial charge in [0.25, 0.3) is 5.69 Å². The average molecular weight is 310 g/mol. The summed E-state index contributed by atoms with van der Waals surface area (Å²) >= 11 is 0. The Morgan fingerprint density at radius 3 is 2.83 bits per heavy atom. The quantitative estimate of drug-likeness (QED) is 0.595. The van der Waals surface area contributed by atoms with Gasteiger partial charge in [-0.25, -0.2) is 0 Å². The maximum absolute atomic E-state index is 11.2. The number of likely N-dealkylation sites (N-methyl/N-ethyl adjacent to an activating group) is 1. The number of rotatable bonds is 1. The summed E-state index contributed by atoms with van der Waals surface area (Å²) in [5, 5.41) is 11.2. The lowest BCUT2D eigenvalue weighted by Crippen LogP contribution is -2.30. The van der Waals surface area contributed by atoms with E-state index in [-0.39, 0.29) is 21.9 Å². The van der Waals surface area contributed by atoms with Crippen LogP contribution in [0.2, 0.25) is 0 Å². The first kappa shape index (κ1) is 14.2. The Morgan fingerprint density at radius 2 is 2.04 bits per heavy atom. The Hall–Kier alpha value is -2.40. The highest BCUT2D eigenvalue weighted by atomic mass is 16.6. The molecule has 2 aromatic carbocycles. The normalized spacial score (nSPS) is 25.7. The van der Waals surface area contributed by atoms with Crippen molar-refractivity contribution in [2.45, 2.75) is 18.3 Å². The van der Waals surface area contributed by atoms with Crippen LogP contribution in [0.4, 0.5) is 5.69 Å². The zero-order valence-corrected chi connectivity index (χ0v) is 13.2. The van der Waals surface area contributed by atoms with Crippen LogP contribution in [0.5, 0.6) is 11.5 Å². The van der Waals surface area contributed by atoms with Crippen molar-refractivity contribution in [1.29, 1.82) is 0 Å². The van der Waals surface area contributed by atoms with E-state index in [2.05, 4.69) is 24.9 Å². The highest BCUT2D eigenvalue weighted by Gasteiger charge is 2.48. The molecular formula is C18H18N2O3. The molecular weight excluding hydrogens is 292 g/mol. The van der Waals surface area contributed by atoms with Crippen molar-refractivity contribution in [2.24, 2.45) is 0 Å². The van der Waals surface area contributed by atoms with Gasteiger partial charge >= 0.3 is 0 Å². The minimum atomic E-state index is -0.338. The first-order chi connectivity index (χ1) is 11.0. The molecule has 4 rings (SSSR count). The largest absolute Gasteiger partial charge is 0.457 e. The van der Waals surface area contributed by atoms with Gasteiger partial charge in [0.1, 0.15) is 11.5 Å². The lowest BCUT2D eigenvalue weighted by molar-refractivity contribution is -0.385. The lowest BCUT2D eigenvalue weighted by atomic mass is 9.71. The smallest absolute Gasteiger partial charge is 0.269 e. The van der Waals surface area contributed by atoms with E-state index in [1.165, 1.54) is 11.6 Å². The number of likely N-dealkylation sites (tertiary alicyclic amines) is 1. The Bertz CT molecular complexity index is 805. The third-order valence-electron chi connectivity index (χ3n) is 5.17. The van der Waals surface area contributed by atoms with E-state index >= 15 is 0 Å². The molecule has 0 saturated carbocycles. The van der Waals surface area contributed by atoms with Crippen molar-refractivity contribution in [3.63, 3.8) is 0 Å². The first-order valence-electron chi connectivity index (χ1n) is 7.73. The molecule has 118 valence electrons. The van der Waals surface area contributed by atoms with Gasteiger partial charge in [0, 0.05) is 47.7 Å². The number of benzene rings is 2. The van der Waals surface area contributed by atoms with Gasteiger partial charge in [-0.15, -0.1) is 0 Å². The number of nitro benzene ring substituents is 1. The molecule has 2 aliphatic heterocycles. The van der Waals surface area contributed by atoms with E-state index in [9.17, 15) is 10.1 Å². The molecule has 0 radical (unpaired) electrons. The van der Waals surface area contributed by atoms with Crippen molar-refractivity contribution in [3.8, 4) is 11.5 Å². The summed E-state index contributed by atoms with van der Waals surface area (Å²) in [6.07, 6.45) is 0. The van der Waals surface area contributed by atoms with Gasteiger partial charge in [0.05, 0.1) is 4.92 Å². The van der Waals surface area contributed by atoms with Gasteiger partial charge in [0.15, 0.2) is 0 Å². The Kier molecular flexibility index (Phi) is 2.96. The molecule has 5 nitrogen and oxygen atoms in total. The van der Waals surface area contributed by atoms with Crippen LogP contribution in [0.1, 0.15) is 24.0 Å². The van der Waals surface area contributed by atoms with Crippen molar-refractivity contribution in [1.82, 2.24) is 4.90 Å². The molecule has 0 spiro atoms. The summed E-state index contributed by atoms with van der Waals surface area (Å²) in [7, 11) is 2.10. The van der Waals surface area contributed by atoms with E-state index in [0.717, 1.165) is 30.2 Å². The molecule has 0 N–H and O–H groups in total. The van der Waals surface area contributed by atoms with Gasteiger partial charge in [-0.05, 0) is 19.2 Å². The van der Waals surface area contributed by atoms with Crippen LogP contribution in [-0.4, -0.2) is 30.0 Å². The van der Waals surface area contributed by atoms with Gasteiger partial charge in [-0.2, -0.15) is 0 Å². The van der Waals surface area contributed by atoms with E-state index in [1.807, 2.05) is 18.2 Å². The van der Waals surface area contributed by atoms with Crippen LogP contribution in [0.3, 0.4) is 0 Å². The van der Waals surface area contributed by atoms with E-state index in [1.54, 1.807) is 12.1 Å². The van der Waals surface area contributed by atoms with E-state index < -0.39 is 0 Å². The maximum Gasteiger partial charge on any atom is 0.269 e. The zero-order valence-electron chi connectivity index (χ0n) is 13.2. The number of hydrogen-bond donors (Lipinski definition) is 0. The maximum atomic E-state index is 11.2. The fraction of sp³-hybridized carbons (Fsp3) is 0.333. The van der Waals surface area contributed by atoms with Gasteiger partial charge in [0.2, 0.25) is 0 Å². The van der Waals surface area contributed by atoms with Crippen LogP contribution in [0.25, 0.3) is 0 Å². The summed E-state index contributed by atoms with van der Waals surface area (Å²) in [5.41, 5.74) is 2.02. The third kappa shape index (κ3) is 2.04. The van der Waals surface area contributed by atoms with Crippen molar-refractivity contribution in [3.05, 3.63) is 63.7 Å². The predicted molar refractivity (Wildman–Crippen MR) is 87.2 cm³/mol. The molecule has 2 aromatic rings. The van der Waals surface area contributed by atoms with E-state index in [0.29, 0.717) is 0 Å². The van der Waals surface area contributed by atoms with Crippen molar-refractivity contribution in [2.75, 3.05) is 20.1 Å². The summed E-state index contributed by atoms with van der Waals surface area (Å²) in [5.74, 6) is 1.84. The number of fused-ring (bicyclic) bond motifs is 5. The topological polar surface area (TPSA) is 55.6 Å². The van der Waals surface area contributed by atoms with Crippen LogP contribution in [0, 0.1) is 10.1 Å². The molecule has 1 saturated heterocycles. The number of non-ortho nitro benzene ring substituents is 1. The number of nitro groups is 1. The van der Waals surface area contributed by atoms with Crippen LogP contribution in [0.15, 0.2) is 42.5 Å². The van der Waals surface area contributed by atoms with Gasteiger partial charge in [-0.1, -0.05) is 25.1 Å². The molecule has 5 heteroatoms. The molecule has 23 heavy (non-hydrogen) atoms. The monoisotopic (exact) mass is 310 g/mol. The molecule has 0 aromatic heterocycles. The lowest BCUT2D eigenvalue weighted by Gasteiger charge is -2.30. The first-order valence-corrected chi connectivity index (χ1v) is 7.73. The van der Waals surface area contributed by atoms with Crippen molar-refractivity contribution < 1.29 is 9.66 Å². The summed E-state index contributed by atoms with van der Waals surface area (Å²) < 4.78 is 6.13. The Labute approximate surface area is 134 Å². The molecule has 0 bridgehead atoms. The second-order valence-electron chi connectivity index (χ2n) is 6.74. The Balaban J connectivity index is 1.98. The third-order valence-corrected chi connectivity index (χ3v) is 5.17. The van der Waals surface area contributed by atoms with Gasteiger partial charge < -0.3 is 9.64 Å². The molecule has 2 atom stereocenters. The second kappa shape index (κ2) is 4.80. The molecule has 0 aliphatic carbocycles. The van der Waals surface area contributed by atoms with Crippen LogP contribution < -0.4 is 4.74 Å². The van der Waals surface area contributed by atoms with Crippen LogP contribution >= 0.6 is 0 Å². The SMILES string of the molecule is CN1C[C@@H]2c3ccccc3Oc3ccc([N+](=O)[O-])cc3[C@@]2(C)C1. The second-order valence-corrected chi connectivity index (χ2v) is 6.74. The average Bonchev–Trinajstić information content (AvgIpc) is 2.79. The summed E-state index contributed by atoms with van der Waals surface area (Å²) in [4.78, 5) is 13.2. The van der Waals surface area contributed by atoms with Crippen LogP contribution in [-0.2, 0) is 5.41 Å². The van der Waals surface area contributed by atoms with Gasteiger partial charge in [-0.3, -0.25) is 10.1 Å². The van der Waals surface area contributed by atoms with Crippen molar-refractivity contribution >= 4 is 5.69 Å². The van der Waals surface area contributed by atoms with E-state index in [4.69, 9.17) is 4.74 Å². The number of hydrogen-bond acceptors (Lipinski definition) is 4. The highest BCUT2D eigenvalue weighted by molar-refractivity contribution is 5.56. The standard InChI is InChI=1S/C18H18N2O3/c1-18-11-19(2)10-15(18)13-5-3-4-6-16(13)23-17-8-7-12(20(21)22)9-14(17)18/h3-9,15H,10-11H2,1-2H3/t15-,18-/m1/s1.